The molecule has 0 aliphatic heterocycles. The summed E-state index contributed by atoms with van der Waals surface area (Å²) in [5, 5.41) is 3.41. The molecule has 170 valence electrons. The predicted molar refractivity (Wildman–Crippen MR) is 144 cm³/mol. The Morgan fingerprint density at radius 3 is 1.91 bits per heavy atom. The number of aryl methyl sites for hydroxylation is 2. The quantitative estimate of drug-likeness (QED) is 0.236. The molecule has 1 N–H and O–H groups in total. The van der Waals surface area contributed by atoms with E-state index in [9.17, 15) is 4.79 Å². The van der Waals surface area contributed by atoms with Crippen LogP contribution in [0.25, 0.3) is 16.7 Å². The van der Waals surface area contributed by atoms with Crippen molar-refractivity contribution in [2.75, 3.05) is 19.4 Å². The number of carbonyl (C=O) groups excluding carboxylic acids is 1. The van der Waals surface area contributed by atoms with Gasteiger partial charge in [-0.15, -0.1) is 0 Å². The fourth-order valence-corrected chi connectivity index (χ4v) is 4.01. The van der Waals surface area contributed by atoms with E-state index in [0.29, 0.717) is 5.57 Å². The summed E-state index contributed by atoms with van der Waals surface area (Å²) >= 11 is 0. The number of para-hydroxylation sites is 1. The normalized spacial score (nSPS) is 11.2. The van der Waals surface area contributed by atoms with Crippen molar-refractivity contribution in [1.29, 1.82) is 0 Å². The number of hydrogen-bond acceptors (Lipinski definition) is 3. The van der Waals surface area contributed by atoms with Gasteiger partial charge in [-0.25, -0.2) is 0 Å². The van der Waals surface area contributed by atoms with Gasteiger partial charge in [0.15, 0.2) is 5.78 Å². The number of rotatable bonds is 7. The van der Waals surface area contributed by atoms with Crippen LogP contribution >= 0.6 is 0 Å². The van der Waals surface area contributed by atoms with Gasteiger partial charge in [0.2, 0.25) is 0 Å². The largest absolute Gasteiger partial charge is 0.383 e. The van der Waals surface area contributed by atoms with E-state index in [2.05, 4.69) is 47.8 Å². The summed E-state index contributed by atoms with van der Waals surface area (Å²) < 4.78 is 0. The topological polar surface area (TPSA) is 32.3 Å². The second-order valence-electron chi connectivity index (χ2n) is 8.80. The van der Waals surface area contributed by atoms with Gasteiger partial charge in [0.1, 0.15) is 0 Å². The smallest absolute Gasteiger partial charge is 0.195 e. The molecule has 4 rings (SSSR count). The van der Waals surface area contributed by atoms with Crippen molar-refractivity contribution in [2.45, 2.75) is 13.8 Å². The second kappa shape index (κ2) is 10.2. The Bertz CT molecular complexity index is 1300. The summed E-state index contributed by atoms with van der Waals surface area (Å²) in [5.41, 5.74) is 8.83. The fourth-order valence-electron chi connectivity index (χ4n) is 4.01. The molecule has 34 heavy (non-hydrogen) atoms. The van der Waals surface area contributed by atoms with Crippen molar-refractivity contribution < 1.29 is 4.79 Å². The van der Waals surface area contributed by atoms with E-state index in [-0.39, 0.29) is 5.78 Å². The number of ketones is 1. The molecule has 0 radical (unpaired) electrons. The van der Waals surface area contributed by atoms with Crippen molar-refractivity contribution >= 4 is 22.7 Å². The van der Waals surface area contributed by atoms with Crippen molar-refractivity contribution in [1.82, 2.24) is 4.90 Å². The minimum atomic E-state index is 0.0373. The SMILES string of the molecule is Cc1ccc(C(=O)/C(=C/N(C)C)c2ccc(-c3ccc(Nc4ccccc4)cc3)cc2)c(C)c1. The first-order chi connectivity index (χ1) is 16.4. The first kappa shape index (κ1) is 23.1. The molecule has 0 aliphatic carbocycles. The molecule has 4 aromatic rings. The Morgan fingerprint density at radius 2 is 1.32 bits per heavy atom. The van der Waals surface area contributed by atoms with Crippen LogP contribution in [0.15, 0.2) is 103 Å². The molecule has 3 nitrogen and oxygen atoms in total. The molecule has 0 amide bonds. The van der Waals surface area contributed by atoms with E-state index in [1.54, 1.807) is 0 Å². The molecule has 0 saturated heterocycles. The standard InChI is InChI=1S/C31H30N2O/c1-22-10-19-29(23(2)20-22)31(34)30(21-33(3)4)26-13-11-24(12-14-26)25-15-17-28(18-16-25)32-27-8-6-5-7-9-27/h5-21,32H,1-4H3/b30-21+. The number of carbonyl (C=O) groups is 1. The third-order valence-corrected chi connectivity index (χ3v) is 5.74. The number of allylic oxidation sites excluding steroid dienone is 1. The summed E-state index contributed by atoms with van der Waals surface area (Å²) in [6, 6.07) is 32.7. The fraction of sp³-hybridized carbons (Fsp3) is 0.129. The summed E-state index contributed by atoms with van der Waals surface area (Å²) in [7, 11) is 3.88. The molecular formula is C31H30N2O. The zero-order valence-electron chi connectivity index (χ0n) is 20.2. The minimum Gasteiger partial charge on any atom is -0.383 e. The van der Waals surface area contributed by atoms with E-state index in [0.717, 1.165) is 44.8 Å². The lowest BCUT2D eigenvalue weighted by atomic mass is 9.92. The molecule has 0 atom stereocenters. The highest BCUT2D eigenvalue weighted by Crippen LogP contribution is 2.27. The van der Waals surface area contributed by atoms with Crippen molar-refractivity contribution in [2.24, 2.45) is 0 Å². The number of hydrogen-bond donors (Lipinski definition) is 1. The van der Waals surface area contributed by atoms with Gasteiger partial charge in [-0.2, -0.15) is 0 Å². The Labute approximate surface area is 202 Å². The van der Waals surface area contributed by atoms with Crippen LogP contribution in [-0.4, -0.2) is 24.8 Å². The maximum absolute atomic E-state index is 13.5. The maximum atomic E-state index is 13.5. The molecule has 0 fully saturated rings. The third-order valence-electron chi connectivity index (χ3n) is 5.74. The second-order valence-corrected chi connectivity index (χ2v) is 8.80. The molecule has 0 aromatic heterocycles. The summed E-state index contributed by atoms with van der Waals surface area (Å²) in [5.74, 6) is 0.0373. The van der Waals surface area contributed by atoms with Crippen LogP contribution in [0, 0.1) is 13.8 Å². The van der Waals surface area contributed by atoms with Crippen molar-refractivity contribution in [3.63, 3.8) is 0 Å². The van der Waals surface area contributed by atoms with Gasteiger partial charge in [0.25, 0.3) is 0 Å². The predicted octanol–water partition coefficient (Wildman–Crippen LogP) is 7.50. The molecule has 0 heterocycles. The highest BCUT2D eigenvalue weighted by atomic mass is 16.1. The lowest BCUT2D eigenvalue weighted by Gasteiger charge is -2.14. The van der Waals surface area contributed by atoms with Crippen LogP contribution in [0.3, 0.4) is 0 Å². The van der Waals surface area contributed by atoms with E-state index < -0.39 is 0 Å². The van der Waals surface area contributed by atoms with Gasteiger partial charge in [-0.3, -0.25) is 4.79 Å². The zero-order valence-corrected chi connectivity index (χ0v) is 20.2. The van der Waals surface area contributed by atoms with Crippen LogP contribution in [-0.2, 0) is 0 Å². The van der Waals surface area contributed by atoms with Gasteiger partial charge in [-0.05, 0) is 60.4 Å². The Balaban J connectivity index is 1.57. The lowest BCUT2D eigenvalue weighted by Crippen LogP contribution is -2.10. The van der Waals surface area contributed by atoms with Gasteiger partial charge in [-0.1, -0.05) is 78.4 Å². The van der Waals surface area contributed by atoms with Gasteiger partial charge >= 0.3 is 0 Å². The van der Waals surface area contributed by atoms with E-state index >= 15 is 0 Å². The highest BCUT2D eigenvalue weighted by Gasteiger charge is 2.17. The Kier molecular flexibility index (Phi) is 6.93. The van der Waals surface area contributed by atoms with Crippen LogP contribution in [0.4, 0.5) is 11.4 Å². The first-order valence-electron chi connectivity index (χ1n) is 11.4. The summed E-state index contributed by atoms with van der Waals surface area (Å²) in [6.07, 6.45) is 1.90. The monoisotopic (exact) mass is 446 g/mol. The number of benzene rings is 4. The van der Waals surface area contributed by atoms with E-state index in [1.807, 2.05) is 93.6 Å². The average molecular weight is 447 g/mol. The zero-order chi connectivity index (χ0) is 24.1. The number of anilines is 2. The van der Waals surface area contributed by atoms with E-state index in [1.165, 1.54) is 0 Å². The molecule has 4 aromatic carbocycles. The number of nitrogens with zero attached hydrogens (tertiary/aromatic N) is 1. The van der Waals surface area contributed by atoms with Gasteiger partial charge in [0, 0.05) is 42.8 Å². The summed E-state index contributed by atoms with van der Waals surface area (Å²) in [6.45, 7) is 4.04. The van der Waals surface area contributed by atoms with E-state index in [4.69, 9.17) is 0 Å². The Hall–Kier alpha value is -4.11. The number of nitrogens with one attached hydrogen (secondary N) is 1. The molecular weight excluding hydrogens is 416 g/mol. The van der Waals surface area contributed by atoms with Crippen molar-refractivity contribution in [3.05, 3.63) is 126 Å². The molecule has 0 saturated carbocycles. The average Bonchev–Trinajstić information content (AvgIpc) is 2.83. The summed E-state index contributed by atoms with van der Waals surface area (Å²) in [4.78, 5) is 15.4. The minimum absolute atomic E-state index is 0.0373. The molecule has 0 aliphatic rings. The van der Waals surface area contributed by atoms with Gasteiger partial charge in [0.05, 0.1) is 0 Å². The van der Waals surface area contributed by atoms with Crippen molar-refractivity contribution in [3.8, 4) is 11.1 Å². The molecule has 0 unspecified atom stereocenters. The van der Waals surface area contributed by atoms with Crippen LogP contribution < -0.4 is 5.32 Å². The highest BCUT2D eigenvalue weighted by molar-refractivity contribution is 6.29. The van der Waals surface area contributed by atoms with Gasteiger partial charge < -0.3 is 10.2 Å². The van der Waals surface area contributed by atoms with Crippen LogP contribution in [0.2, 0.25) is 0 Å². The lowest BCUT2D eigenvalue weighted by molar-refractivity contribution is 0.105. The third kappa shape index (κ3) is 5.44. The first-order valence-corrected chi connectivity index (χ1v) is 11.4. The molecule has 0 bridgehead atoms. The molecule has 3 heteroatoms. The molecule has 0 spiro atoms. The number of Topliss-reactive ketones (excluding diaryl/α,β-unsaturated/α-hetero) is 1. The van der Waals surface area contributed by atoms with Crippen LogP contribution in [0.5, 0.6) is 0 Å². The van der Waals surface area contributed by atoms with Crippen LogP contribution in [0.1, 0.15) is 27.0 Å². The maximum Gasteiger partial charge on any atom is 0.195 e. The Morgan fingerprint density at radius 1 is 0.735 bits per heavy atom.